The molecule has 2 nitrogen and oxygen atoms in total. The van der Waals surface area contributed by atoms with Gasteiger partial charge in [0.1, 0.15) is 5.75 Å². The van der Waals surface area contributed by atoms with Crippen molar-refractivity contribution in [3.63, 3.8) is 0 Å². The number of rotatable bonds is 1. The summed E-state index contributed by atoms with van der Waals surface area (Å²) in [6.07, 6.45) is 0. The van der Waals surface area contributed by atoms with Crippen LogP contribution in [-0.4, -0.2) is 12.6 Å². The molecular weight excluding hydrogens is 186 g/mol. The van der Waals surface area contributed by atoms with Crippen molar-refractivity contribution in [3.05, 3.63) is 29.3 Å². The molecule has 2 heteroatoms. The van der Waals surface area contributed by atoms with E-state index in [0.29, 0.717) is 0 Å². The number of ether oxygens (including phenoxy) is 1. The molecule has 0 fully saturated rings. The Bertz CT molecular complexity index is 405. The van der Waals surface area contributed by atoms with Crippen LogP contribution in [0.15, 0.2) is 18.2 Å². The summed E-state index contributed by atoms with van der Waals surface area (Å²) in [5.41, 5.74) is 7.37. The van der Waals surface area contributed by atoms with Crippen molar-refractivity contribution in [2.24, 2.45) is 5.73 Å². The highest BCUT2D eigenvalue weighted by atomic mass is 16.5. The lowest BCUT2D eigenvalue weighted by atomic mass is 10.1. The first-order valence-electron chi connectivity index (χ1n) is 4.89. The van der Waals surface area contributed by atoms with Gasteiger partial charge in [0.15, 0.2) is 0 Å². The van der Waals surface area contributed by atoms with Gasteiger partial charge >= 0.3 is 0 Å². The number of aryl methyl sites for hydroxylation is 1. The average molecular weight is 203 g/mol. The number of nitrogens with two attached hydrogens (primary N) is 1. The van der Waals surface area contributed by atoms with Gasteiger partial charge in [-0.1, -0.05) is 17.9 Å². The summed E-state index contributed by atoms with van der Waals surface area (Å²) in [6.45, 7) is 5.78. The fourth-order valence-corrected chi connectivity index (χ4v) is 1.15. The van der Waals surface area contributed by atoms with E-state index in [1.54, 1.807) is 7.11 Å². The molecule has 0 saturated carbocycles. The summed E-state index contributed by atoms with van der Waals surface area (Å²) in [5.74, 6) is 6.82. The van der Waals surface area contributed by atoms with Gasteiger partial charge in [-0.05, 0) is 38.5 Å². The number of hydrogen-bond donors (Lipinski definition) is 1. The number of methoxy groups -OCH3 is 1. The van der Waals surface area contributed by atoms with Crippen LogP contribution in [0.25, 0.3) is 0 Å². The van der Waals surface area contributed by atoms with Gasteiger partial charge in [-0.2, -0.15) is 0 Å². The lowest BCUT2D eigenvalue weighted by Crippen LogP contribution is -2.29. The van der Waals surface area contributed by atoms with Gasteiger partial charge in [0.25, 0.3) is 0 Å². The lowest BCUT2D eigenvalue weighted by Gasteiger charge is -2.08. The van der Waals surface area contributed by atoms with Gasteiger partial charge in [-0.25, -0.2) is 0 Å². The van der Waals surface area contributed by atoms with E-state index in [2.05, 4.69) is 11.8 Å². The van der Waals surface area contributed by atoms with Crippen LogP contribution in [0.3, 0.4) is 0 Å². The zero-order valence-electron chi connectivity index (χ0n) is 9.72. The van der Waals surface area contributed by atoms with Crippen LogP contribution < -0.4 is 10.5 Å². The zero-order valence-corrected chi connectivity index (χ0v) is 9.72. The average Bonchev–Trinajstić information content (AvgIpc) is 2.14. The summed E-state index contributed by atoms with van der Waals surface area (Å²) in [7, 11) is 1.64. The summed E-state index contributed by atoms with van der Waals surface area (Å²) >= 11 is 0. The van der Waals surface area contributed by atoms with Crippen molar-refractivity contribution >= 4 is 0 Å². The second-order valence-electron chi connectivity index (χ2n) is 4.18. The molecule has 0 unspecified atom stereocenters. The first kappa shape index (κ1) is 11.6. The highest BCUT2D eigenvalue weighted by Crippen LogP contribution is 2.18. The molecule has 0 radical (unpaired) electrons. The predicted molar refractivity (Wildman–Crippen MR) is 62.9 cm³/mol. The van der Waals surface area contributed by atoms with Gasteiger partial charge in [-0.3, -0.25) is 0 Å². The van der Waals surface area contributed by atoms with E-state index in [4.69, 9.17) is 10.5 Å². The maximum atomic E-state index is 5.80. The molecule has 0 bridgehead atoms. The van der Waals surface area contributed by atoms with Crippen LogP contribution in [-0.2, 0) is 0 Å². The van der Waals surface area contributed by atoms with E-state index < -0.39 is 5.54 Å². The van der Waals surface area contributed by atoms with Crippen molar-refractivity contribution in [1.29, 1.82) is 0 Å². The summed E-state index contributed by atoms with van der Waals surface area (Å²) in [6, 6.07) is 5.91. The Morgan fingerprint density at radius 2 is 2.00 bits per heavy atom. The maximum absolute atomic E-state index is 5.80. The van der Waals surface area contributed by atoms with Crippen LogP contribution in [0.1, 0.15) is 25.0 Å². The van der Waals surface area contributed by atoms with E-state index in [9.17, 15) is 0 Å². The molecule has 80 valence electrons. The van der Waals surface area contributed by atoms with E-state index in [1.165, 1.54) is 0 Å². The van der Waals surface area contributed by atoms with Crippen LogP contribution in [0.5, 0.6) is 5.75 Å². The SMILES string of the molecule is COc1ccc(C)cc1C#CC(C)(C)N. The topological polar surface area (TPSA) is 35.2 Å². The Kier molecular flexibility index (Phi) is 3.39. The molecule has 0 atom stereocenters. The molecule has 1 aromatic carbocycles. The molecule has 15 heavy (non-hydrogen) atoms. The van der Waals surface area contributed by atoms with E-state index in [0.717, 1.165) is 16.9 Å². The molecule has 0 saturated heterocycles. The largest absolute Gasteiger partial charge is 0.495 e. The fourth-order valence-electron chi connectivity index (χ4n) is 1.15. The molecule has 0 aliphatic rings. The van der Waals surface area contributed by atoms with Gasteiger partial charge in [0.2, 0.25) is 0 Å². The molecule has 2 N–H and O–H groups in total. The van der Waals surface area contributed by atoms with Gasteiger partial charge in [0, 0.05) is 0 Å². The molecule has 0 spiro atoms. The normalized spacial score (nSPS) is 10.5. The number of hydrogen-bond acceptors (Lipinski definition) is 2. The minimum Gasteiger partial charge on any atom is -0.495 e. The van der Waals surface area contributed by atoms with E-state index >= 15 is 0 Å². The summed E-state index contributed by atoms with van der Waals surface area (Å²) in [4.78, 5) is 0. The molecule has 0 aromatic heterocycles. The second kappa shape index (κ2) is 4.37. The van der Waals surface area contributed by atoms with Crippen molar-refractivity contribution in [3.8, 4) is 17.6 Å². The number of benzene rings is 1. The quantitative estimate of drug-likeness (QED) is 0.709. The molecule has 0 aliphatic heterocycles. The van der Waals surface area contributed by atoms with Crippen molar-refractivity contribution in [2.75, 3.05) is 7.11 Å². The minimum absolute atomic E-state index is 0.477. The first-order valence-corrected chi connectivity index (χ1v) is 4.89. The third-order valence-electron chi connectivity index (χ3n) is 1.87. The third-order valence-corrected chi connectivity index (χ3v) is 1.87. The summed E-state index contributed by atoms with van der Waals surface area (Å²) < 4.78 is 5.22. The molecular formula is C13H17NO. The Balaban J connectivity index is 3.11. The highest BCUT2D eigenvalue weighted by molar-refractivity contribution is 5.48. The van der Waals surface area contributed by atoms with Gasteiger partial charge in [0.05, 0.1) is 18.2 Å². The Morgan fingerprint density at radius 1 is 1.33 bits per heavy atom. The maximum Gasteiger partial charge on any atom is 0.134 e. The van der Waals surface area contributed by atoms with Crippen molar-refractivity contribution < 1.29 is 4.74 Å². The molecule has 0 amide bonds. The monoisotopic (exact) mass is 203 g/mol. The Hall–Kier alpha value is -1.46. The van der Waals surface area contributed by atoms with Gasteiger partial charge < -0.3 is 10.5 Å². The lowest BCUT2D eigenvalue weighted by molar-refractivity contribution is 0.413. The molecule has 1 rings (SSSR count). The van der Waals surface area contributed by atoms with Crippen LogP contribution in [0.4, 0.5) is 0 Å². The fraction of sp³-hybridized carbons (Fsp3) is 0.385. The molecule has 0 aliphatic carbocycles. The van der Waals surface area contributed by atoms with E-state index in [-0.39, 0.29) is 0 Å². The van der Waals surface area contributed by atoms with Crippen LogP contribution >= 0.6 is 0 Å². The van der Waals surface area contributed by atoms with Crippen molar-refractivity contribution in [1.82, 2.24) is 0 Å². The predicted octanol–water partition coefficient (Wildman–Crippen LogP) is 2.09. The van der Waals surface area contributed by atoms with Crippen LogP contribution in [0, 0.1) is 18.8 Å². The second-order valence-corrected chi connectivity index (χ2v) is 4.18. The Morgan fingerprint density at radius 3 is 2.53 bits per heavy atom. The van der Waals surface area contributed by atoms with E-state index in [1.807, 2.05) is 39.0 Å². The zero-order chi connectivity index (χ0) is 11.5. The summed E-state index contributed by atoms with van der Waals surface area (Å²) in [5, 5.41) is 0. The van der Waals surface area contributed by atoms with Crippen LogP contribution in [0.2, 0.25) is 0 Å². The molecule has 1 aromatic rings. The third kappa shape index (κ3) is 3.65. The highest BCUT2D eigenvalue weighted by Gasteiger charge is 2.05. The van der Waals surface area contributed by atoms with Gasteiger partial charge in [-0.15, -0.1) is 0 Å². The molecule has 0 heterocycles. The first-order chi connectivity index (χ1) is 6.92. The van der Waals surface area contributed by atoms with Crippen molar-refractivity contribution in [2.45, 2.75) is 26.3 Å². The minimum atomic E-state index is -0.477. The Labute approximate surface area is 91.4 Å². The standard InChI is InChI=1S/C13H17NO/c1-10-5-6-12(15-4)11(9-10)7-8-13(2,3)14/h5-6,9H,14H2,1-4H3. The smallest absolute Gasteiger partial charge is 0.134 e.